The van der Waals surface area contributed by atoms with Crippen molar-refractivity contribution in [2.24, 2.45) is 0 Å². The first kappa shape index (κ1) is 13.4. The van der Waals surface area contributed by atoms with Gasteiger partial charge in [0.25, 0.3) is 5.69 Å². The summed E-state index contributed by atoms with van der Waals surface area (Å²) in [5, 5.41) is 23.8. The number of aldehydes is 1. The van der Waals surface area contributed by atoms with Gasteiger partial charge in [0.05, 0.1) is 16.3 Å². The van der Waals surface area contributed by atoms with Crippen molar-refractivity contribution in [1.82, 2.24) is 9.78 Å². The normalized spacial score (nSPS) is 10.2. The van der Waals surface area contributed by atoms with E-state index in [9.17, 15) is 19.7 Å². The van der Waals surface area contributed by atoms with Gasteiger partial charge in [-0.15, -0.1) is 0 Å². The highest BCUT2D eigenvalue weighted by molar-refractivity contribution is 5.88. The van der Waals surface area contributed by atoms with E-state index in [2.05, 4.69) is 5.10 Å². The van der Waals surface area contributed by atoms with Gasteiger partial charge in [0, 0.05) is 17.7 Å². The highest BCUT2D eigenvalue weighted by atomic mass is 16.6. The second kappa shape index (κ2) is 4.92. The molecule has 102 valence electrons. The van der Waals surface area contributed by atoms with Gasteiger partial charge in [0.15, 0.2) is 12.0 Å². The number of rotatable bonds is 4. The monoisotopic (exact) mass is 275 g/mol. The summed E-state index contributed by atoms with van der Waals surface area (Å²) in [4.78, 5) is 32.2. The Balaban J connectivity index is 2.66. The number of hydrogen-bond acceptors (Lipinski definition) is 5. The SMILES string of the molecule is Cc1cc(C(=O)O)n(-c2ccc([N+](=O)[O-])cc2C=O)n1. The van der Waals surface area contributed by atoms with Crippen LogP contribution in [0.3, 0.4) is 0 Å². The van der Waals surface area contributed by atoms with Crippen LogP contribution < -0.4 is 0 Å². The largest absolute Gasteiger partial charge is 0.477 e. The fourth-order valence-electron chi connectivity index (χ4n) is 1.78. The second-order valence-electron chi connectivity index (χ2n) is 4.01. The number of nitro benzene ring substituents is 1. The summed E-state index contributed by atoms with van der Waals surface area (Å²) in [6.45, 7) is 1.61. The molecule has 0 saturated heterocycles. The first-order valence-electron chi connectivity index (χ1n) is 5.48. The third-order valence-electron chi connectivity index (χ3n) is 2.63. The van der Waals surface area contributed by atoms with E-state index in [1.54, 1.807) is 6.92 Å². The number of aromatic nitrogens is 2. The van der Waals surface area contributed by atoms with Crippen LogP contribution in [0.5, 0.6) is 0 Å². The van der Waals surface area contributed by atoms with E-state index >= 15 is 0 Å². The molecule has 8 nitrogen and oxygen atoms in total. The maximum absolute atomic E-state index is 11.1. The number of aryl methyl sites for hydroxylation is 1. The van der Waals surface area contributed by atoms with E-state index in [-0.39, 0.29) is 22.6 Å². The number of carbonyl (C=O) groups is 2. The molecule has 0 atom stereocenters. The first-order valence-corrected chi connectivity index (χ1v) is 5.48. The van der Waals surface area contributed by atoms with Crippen molar-refractivity contribution in [3.8, 4) is 5.69 Å². The molecule has 0 radical (unpaired) electrons. The zero-order valence-corrected chi connectivity index (χ0v) is 10.3. The topological polar surface area (TPSA) is 115 Å². The Bertz CT molecular complexity index is 720. The molecule has 0 bridgehead atoms. The first-order chi connectivity index (χ1) is 9.43. The van der Waals surface area contributed by atoms with E-state index in [0.29, 0.717) is 12.0 Å². The lowest BCUT2D eigenvalue weighted by atomic mass is 10.1. The third kappa shape index (κ3) is 2.26. The van der Waals surface area contributed by atoms with Gasteiger partial charge in [-0.1, -0.05) is 0 Å². The lowest BCUT2D eigenvalue weighted by Crippen LogP contribution is -2.10. The molecule has 1 heterocycles. The molecule has 0 amide bonds. The van der Waals surface area contributed by atoms with Gasteiger partial charge >= 0.3 is 5.97 Å². The number of nitro groups is 1. The lowest BCUT2D eigenvalue weighted by molar-refractivity contribution is -0.384. The van der Waals surface area contributed by atoms with Crippen molar-refractivity contribution in [1.29, 1.82) is 0 Å². The number of non-ortho nitro benzene ring substituents is 1. The van der Waals surface area contributed by atoms with E-state index < -0.39 is 10.9 Å². The van der Waals surface area contributed by atoms with Crippen LogP contribution in [-0.4, -0.2) is 32.1 Å². The van der Waals surface area contributed by atoms with Crippen LogP contribution in [-0.2, 0) is 0 Å². The number of carboxylic acids is 1. The molecule has 0 aliphatic carbocycles. The van der Waals surface area contributed by atoms with Crippen LogP contribution in [0.15, 0.2) is 24.3 Å². The van der Waals surface area contributed by atoms with Crippen LogP contribution >= 0.6 is 0 Å². The molecule has 1 aromatic heterocycles. The maximum Gasteiger partial charge on any atom is 0.354 e. The molecule has 2 aromatic rings. The second-order valence-corrected chi connectivity index (χ2v) is 4.01. The van der Waals surface area contributed by atoms with Gasteiger partial charge in [-0.3, -0.25) is 14.9 Å². The summed E-state index contributed by atoms with van der Waals surface area (Å²) in [5.41, 5.74) is 0.245. The van der Waals surface area contributed by atoms with E-state index in [4.69, 9.17) is 5.11 Å². The van der Waals surface area contributed by atoms with Crippen LogP contribution in [0.4, 0.5) is 5.69 Å². The van der Waals surface area contributed by atoms with Gasteiger partial charge in [-0.25, -0.2) is 9.48 Å². The van der Waals surface area contributed by atoms with Gasteiger partial charge in [0.2, 0.25) is 0 Å². The standard InChI is InChI=1S/C12H9N3O5/c1-7-4-11(12(17)18)14(13-7)10-3-2-9(15(19)20)5-8(10)6-16/h2-6H,1H3,(H,17,18). The number of nitrogens with zero attached hydrogens (tertiary/aromatic N) is 3. The van der Waals surface area contributed by atoms with Crippen molar-refractivity contribution in [2.45, 2.75) is 6.92 Å². The van der Waals surface area contributed by atoms with Gasteiger partial charge in [-0.05, 0) is 19.1 Å². The summed E-state index contributed by atoms with van der Waals surface area (Å²) in [5.74, 6) is -1.21. The predicted molar refractivity (Wildman–Crippen MR) is 67.3 cm³/mol. The minimum absolute atomic E-state index is 0.00944. The fraction of sp³-hybridized carbons (Fsp3) is 0.0833. The van der Waals surface area contributed by atoms with Crippen LogP contribution in [0.25, 0.3) is 5.69 Å². The third-order valence-corrected chi connectivity index (χ3v) is 2.63. The molecule has 1 aromatic carbocycles. The van der Waals surface area contributed by atoms with Crippen LogP contribution in [0.1, 0.15) is 26.5 Å². The Morgan fingerprint density at radius 1 is 1.45 bits per heavy atom. The number of carboxylic acid groups (broad SMARTS) is 1. The quantitative estimate of drug-likeness (QED) is 0.514. The fourth-order valence-corrected chi connectivity index (χ4v) is 1.78. The molecule has 0 aliphatic heterocycles. The predicted octanol–water partition coefficient (Wildman–Crippen LogP) is 1.60. The Labute approximate surface area is 112 Å². The van der Waals surface area contributed by atoms with Crippen molar-refractivity contribution in [3.05, 3.63) is 51.3 Å². The Morgan fingerprint density at radius 3 is 2.70 bits per heavy atom. The highest BCUT2D eigenvalue weighted by Gasteiger charge is 2.18. The van der Waals surface area contributed by atoms with E-state index in [1.165, 1.54) is 18.2 Å². The average molecular weight is 275 g/mol. The number of aromatic carboxylic acids is 1. The molecule has 0 fully saturated rings. The zero-order chi connectivity index (χ0) is 14.9. The Hall–Kier alpha value is -3.03. The van der Waals surface area contributed by atoms with Crippen molar-refractivity contribution in [2.75, 3.05) is 0 Å². The van der Waals surface area contributed by atoms with Crippen molar-refractivity contribution in [3.63, 3.8) is 0 Å². The van der Waals surface area contributed by atoms with Gasteiger partial charge in [-0.2, -0.15) is 5.10 Å². The average Bonchev–Trinajstić information content (AvgIpc) is 2.80. The summed E-state index contributed by atoms with van der Waals surface area (Å²) < 4.78 is 1.07. The number of hydrogen-bond donors (Lipinski definition) is 1. The van der Waals surface area contributed by atoms with Crippen molar-refractivity contribution >= 4 is 17.9 Å². The number of benzene rings is 1. The molecule has 0 aliphatic rings. The number of carbonyl (C=O) groups excluding carboxylic acids is 1. The highest BCUT2D eigenvalue weighted by Crippen LogP contribution is 2.21. The minimum atomic E-state index is -1.21. The molecule has 0 unspecified atom stereocenters. The molecule has 0 spiro atoms. The smallest absolute Gasteiger partial charge is 0.354 e. The summed E-state index contributed by atoms with van der Waals surface area (Å²) in [6.07, 6.45) is 0.422. The Morgan fingerprint density at radius 2 is 2.15 bits per heavy atom. The summed E-state index contributed by atoms with van der Waals surface area (Å²) in [7, 11) is 0. The zero-order valence-electron chi connectivity index (χ0n) is 10.3. The van der Waals surface area contributed by atoms with Crippen LogP contribution in [0, 0.1) is 17.0 Å². The lowest BCUT2D eigenvalue weighted by Gasteiger charge is -2.07. The van der Waals surface area contributed by atoms with Gasteiger partial charge < -0.3 is 5.11 Å². The molecule has 8 heteroatoms. The molecular weight excluding hydrogens is 266 g/mol. The molecule has 0 saturated carbocycles. The summed E-state index contributed by atoms with van der Waals surface area (Å²) in [6, 6.07) is 4.90. The van der Waals surface area contributed by atoms with E-state index in [0.717, 1.165) is 10.7 Å². The van der Waals surface area contributed by atoms with Crippen LogP contribution in [0.2, 0.25) is 0 Å². The molecule has 1 N–H and O–H groups in total. The van der Waals surface area contributed by atoms with E-state index in [1.807, 2.05) is 0 Å². The van der Waals surface area contributed by atoms with Crippen molar-refractivity contribution < 1.29 is 19.6 Å². The molecular formula is C12H9N3O5. The van der Waals surface area contributed by atoms with Gasteiger partial charge in [0.1, 0.15) is 0 Å². The summed E-state index contributed by atoms with van der Waals surface area (Å²) >= 11 is 0. The Kier molecular flexibility index (Phi) is 3.30. The minimum Gasteiger partial charge on any atom is -0.477 e. The molecule has 2 rings (SSSR count). The maximum atomic E-state index is 11.1. The molecule has 20 heavy (non-hydrogen) atoms.